The molecule has 82 valence electrons. The molecule has 1 amide bonds. The monoisotopic (exact) mass is 205 g/mol. The van der Waals surface area contributed by atoms with E-state index in [9.17, 15) is 4.79 Å². The lowest BCUT2D eigenvalue weighted by molar-refractivity contribution is 0.0999. The van der Waals surface area contributed by atoms with E-state index in [4.69, 9.17) is 5.73 Å². The van der Waals surface area contributed by atoms with Gasteiger partial charge in [0, 0.05) is 5.56 Å². The summed E-state index contributed by atoms with van der Waals surface area (Å²) in [5, 5.41) is 0. The van der Waals surface area contributed by atoms with Crippen LogP contribution >= 0.6 is 0 Å². The van der Waals surface area contributed by atoms with Crippen molar-refractivity contribution >= 4 is 5.91 Å². The van der Waals surface area contributed by atoms with Crippen LogP contribution in [0.1, 0.15) is 46.8 Å². The fourth-order valence-corrected chi connectivity index (χ4v) is 1.90. The Morgan fingerprint density at radius 3 is 2.53 bits per heavy atom. The fraction of sp³-hybridized carbons (Fsp3) is 0.462. The minimum absolute atomic E-state index is 0.328. The molecule has 0 fully saturated rings. The van der Waals surface area contributed by atoms with Crippen molar-refractivity contribution in [2.75, 3.05) is 0 Å². The number of primary amides is 1. The lowest BCUT2D eigenvalue weighted by atomic mass is 9.94. The summed E-state index contributed by atoms with van der Waals surface area (Å²) in [5.41, 5.74) is 9.57. The molecular formula is C13H19NO. The molecule has 0 atom stereocenters. The van der Waals surface area contributed by atoms with Crippen LogP contribution in [0.4, 0.5) is 0 Å². The van der Waals surface area contributed by atoms with Gasteiger partial charge in [0.1, 0.15) is 0 Å². The highest BCUT2D eigenvalue weighted by atomic mass is 16.1. The molecule has 0 spiro atoms. The topological polar surface area (TPSA) is 43.1 Å². The van der Waals surface area contributed by atoms with Crippen LogP contribution in [0.15, 0.2) is 12.1 Å². The number of aryl methyl sites for hydroxylation is 1. The molecule has 0 heterocycles. The van der Waals surface area contributed by atoms with Gasteiger partial charge in [-0.1, -0.05) is 19.4 Å². The zero-order chi connectivity index (χ0) is 11.4. The molecule has 0 aromatic heterocycles. The molecule has 0 bridgehead atoms. The van der Waals surface area contributed by atoms with E-state index in [1.807, 2.05) is 19.1 Å². The molecule has 0 aliphatic rings. The Morgan fingerprint density at radius 2 is 2.00 bits per heavy atom. The quantitative estimate of drug-likeness (QED) is 0.807. The van der Waals surface area contributed by atoms with Crippen molar-refractivity contribution in [3.63, 3.8) is 0 Å². The zero-order valence-corrected chi connectivity index (χ0v) is 9.76. The minimum atomic E-state index is -0.328. The first-order valence-corrected chi connectivity index (χ1v) is 5.46. The maximum Gasteiger partial charge on any atom is 0.248 e. The van der Waals surface area contributed by atoms with Gasteiger partial charge < -0.3 is 5.73 Å². The first kappa shape index (κ1) is 11.8. The van der Waals surface area contributed by atoms with Crippen molar-refractivity contribution in [2.45, 2.75) is 40.0 Å². The van der Waals surface area contributed by atoms with Gasteiger partial charge in [0.2, 0.25) is 5.91 Å². The Morgan fingerprint density at radius 1 is 1.33 bits per heavy atom. The summed E-state index contributed by atoms with van der Waals surface area (Å²) in [5.74, 6) is -0.328. The molecular weight excluding hydrogens is 186 g/mol. The summed E-state index contributed by atoms with van der Waals surface area (Å²) in [6, 6.07) is 3.81. The highest BCUT2D eigenvalue weighted by Gasteiger charge is 2.10. The number of hydrogen-bond donors (Lipinski definition) is 1. The number of carbonyl (C=O) groups is 1. The third kappa shape index (κ3) is 2.58. The second-order valence-electron chi connectivity index (χ2n) is 4.00. The lowest BCUT2D eigenvalue weighted by Gasteiger charge is -2.12. The SMILES string of the molecule is CCCCc1c(C)ccc(C(N)=O)c1C. The molecule has 0 unspecified atom stereocenters. The highest BCUT2D eigenvalue weighted by Crippen LogP contribution is 2.20. The van der Waals surface area contributed by atoms with Crippen LogP contribution in [-0.2, 0) is 6.42 Å². The maximum absolute atomic E-state index is 11.2. The summed E-state index contributed by atoms with van der Waals surface area (Å²) in [4.78, 5) is 11.2. The zero-order valence-electron chi connectivity index (χ0n) is 9.76. The van der Waals surface area contributed by atoms with Crippen molar-refractivity contribution in [3.05, 3.63) is 34.4 Å². The highest BCUT2D eigenvalue weighted by molar-refractivity contribution is 5.94. The number of benzene rings is 1. The van der Waals surface area contributed by atoms with Crippen molar-refractivity contribution in [1.29, 1.82) is 0 Å². The summed E-state index contributed by atoms with van der Waals surface area (Å²) in [7, 11) is 0. The number of amides is 1. The Balaban J connectivity index is 3.12. The molecule has 1 aromatic carbocycles. The van der Waals surface area contributed by atoms with E-state index < -0.39 is 0 Å². The van der Waals surface area contributed by atoms with Gasteiger partial charge in [-0.2, -0.15) is 0 Å². The van der Waals surface area contributed by atoms with Crippen LogP contribution < -0.4 is 5.73 Å². The molecule has 1 rings (SSSR count). The van der Waals surface area contributed by atoms with Crippen molar-refractivity contribution in [3.8, 4) is 0 Å². The van der Waals surface area contributed by atoms with Crippen molar-refractivity contribution in [2.24, 2.45) is 5.73 Å². The van der Waals surface area contributed by atoms with E-state index in [0.29, 0.717) is 5.56 Å². The molecule has 2 N–H and O–H groups in total. The molecule has 0 aliphatic carbocycles. The molecule has 2 heteroatoms. The van der Waals surface area contributed by atoms with Gasteiger partial charge in [0.15, 0.2) is 0 Å². The van der Waals surface area contributed by atoms with Gasteiger partial charge in [-0.3, -0.25) is 4.79 Å². The molecule has 0 radical (unpaired) electrons. The molecule has 15 heavy (non-hydrogen) atoms. The number of carbonyl (C=O) groups excluding carboxylic acids is 1. The average Bonchev–Trinajstić information content (AvgIpc) is 2.17. The number of nitrogens with two attached hydrogens (primary N) is 1. The van der Waals surface area contributed by atoms with Crippen molar-refractivity contribution in [1.82, 2.24) is 0 Å². The predicted molar refractivity (Wildman–Crippen MR) is 63.0 cm³/mol. The van der Waals surface area contributed by atoms with Gasteiger partial charge in [-0.05, 0) is 49.4 Å². The largest absolute Gasteiger partial charge is 0.366 e. The van der Waals surface area contributed by atoms with E-state index in [0.717, 1.165) is 18.4 Å². The van der Waals surface area contributed by atoms with Crippen LogP contribution in [-0.4, -0.2) is 5.91 Å². The standard InChI is InChI=1S/C13H19NO/c1-4-5-6-11-9(2)7-8-12(10(11)3)13(14)15/h7-8H,4-6H2,1-3H3,(H2,14,15). The van der Waals surface area contributed by atoms with Crippen LogP contribution in [0.5, 0.6) is 0 Å². The first-order chi connectivity index (χ1) is 7.07. The first-order valence-electron chi connectivity index (χ1n) is 5.46. The number of rotatable bonds is 4. The fourth-order valence-electron chi connectivity index (χ4n) is 1.90. The Labute approximate surface area is 91.5 Å². The summed E-state index contributed by atoms with van der Waals surface area (Å²) < 4.78 is 0. The lowest BCUT2D eigenvalue weighted by Crippen LogP contribution is -2.14. The third-order valence-electron chi connectivity index (χ3n) is 2.88. The van der Waals surface area contributed by atoms with Gasteiger partial charge in [0.05, 0.1) is 0 Å². The van der Waals surface area contributed by atoms with Gasteiger partial charge in [-0.15, -0.1) is 0 Å². The van der Waals surface area contributed by atoms with Crippen LogP contribution in [0.3, 0.4) is 0 Å². The van der Waals surface area contributed by atoms with Crippen LogP contribution in [0, 0.1) is 13.8 Å². The summed E-state index contributed by atoms with van der Waals surface area (Å²) in [6.07, 6.45) is 3.36. The normalized spacial score (nSPS) is 10.3. The molecule has 1 aromatic rings. The summed E-state index contributed by atoms with van der Waals surface area (Å²) in [6.45, 7) is 6.24. The molecule has 0 saturated heterocycles. The van der Waals surface area contributed by atoms with Crippen molar-refractivity contribution < 1.29 is 4.79 Å². The number of unbranched alkanes of at least 4 members (excludes halogenated alkanes) is 1. The average molecular weight is 205 g/mol. The van der Waals surface area contributed by atoms with E-state index in [1.54, 1.807) is 0 Å². The molecule has 0 aliphatic heterocycles. The molecule has 0 saturated carbocycles. The Bertz CT molecular complexity index is 369. The number of hydrogen-bond acceptors (Lipinski definition) is 1. The maximum atomic E-state index is 11.2. The summed E-state index contributed by atoms with van der Waals surface area (Å²) >= 11 is 0. The van der Waals surface area contributed by atoms with Crippen LogP contribution in [0.2, 0.25) is 0 Å². The third-order valence-corrected chi connectivity index (χ3v) is 2.88. The molecule has 2 nitrogen and oxygen atoms in total. The van der Waals surface area contributed by atoms with Gasteiger partial charge in [-0.25, -0.2) is 0 Å². The van der Waals surface area contributed by atoms with E-state index >= 15 is 0 Å². The van der Waals surface area contributed by atoms with Crippen LogP contribution in [0.25, 0.3) is 0 Å². The van der Waals surface area contributed by atoms with E-state index in [-0.39, 0.29) is 5.91 Å². The van der Waals surface area contributed by atoms with Gasteiger partial charge >= 0.3 is 0 Å². The second kappa shape index (κ2) is 4.96. The smallest absolute Gasteiger partial charge is 0.248 e. The Kier molecular flexibility index (Phi) is 3.89. The van der Waals surface area contributed by atoms with E-state index in [1.165, 1.54) is 17.5 Å². The second-order valence-corrected chi connectivity index (χ2v) is 4.00. The minimum Gasteiger partial charge on any atom is -0.366 e. The predicted octanol–water partition coefficient (Wildman–Crippen LogP) is 2.74. The van der Waals surface area contributed by atoms with E-state index in [2.05, 4.69) is 13.8 Å². The van der Waals surface area contributed by atoms with Gasteiger partial charge in [0.25, 0.3) is 0 Å². The Hall–Kier alpha value is -1.31.